The first-order valence-corrected chi connectivity index (χ1v) is 8.26. The Morgan fingerprint density at radius 1 is 1.29 bits per heavy atom. The molecule has 2 amide bonds. The normalized spacial score (nSPS) is 26.1. The van der Waals surface area contributed by atoms with Crippen molar-refractivity contribution in [2.45, 2.75) is 31.9 Å². The summed E-state index contributed by atoms with van der Waals surface area (Å²) < 4.78 is 5.83. The van der Waals surface area contributed by atoms with E-state index in [4.69, 9.17) is 4.74 Å². The average molecular weight is 308 g/mol. The summed E-state index contributed by atoms with van der Waals surface area (Å²) in [6.45, 7) is 4.26. The van der Waals surface area contributed by atoms with Crippen LogP contribution in [0.25, 0.3) is 0 Å². The standard InChI is InChI=1S/C15H20N2O3S/c1-11(18)17-8-9-20-13-5-7-16(6-4-12(13)17)15(19)14-3-2-10-21-14/h2-3,10,12-13H,4-9H2,1H3/t12-,13-/m1/s1. The zero-order chi connectivity index (χ0) is 14.8. The summed E-state index contributed by atoms with van der Waals surface area (Å²) in [4.78, 5) is 28.8. The number of carbonyl (C=O) groups is 2. The van der Waals surface area contributed by atoms with Gasteiger partial charge >= 0.3 is 0 Å². The van der Waals surface area contributed by atoms with E-state index in [0.29, 0.717) is 26.2 Å². The van der Waals surface area contributed by atoms with Crippen LogP contribution in [0, 0.1) is 0 Å². The molecule has 5 nitrogen and oxygen atoms in total. The number of hydrogen-bond acceptors (Lipinski definition) is 4. The second kappa shape index (κ2) is 6.15. The van der Waals surface area contributed by atoms with Gasteiger partial charge in [0.05, 0.1) is 23.6 Å². The van der Waals surface area contributed by atoms with E-state index in [9.17, 15) is 9.59 Å². The Kier molecular flexibility index (Phi) is 4.26. The van der Waals surface area contributed by atoms with Crippen LogP contribution in [0.3, 0.4) is 0 Å². The molecule has 0 aliphatic carbocycles. The predicted octanol–water partition coefficient (Wildman–Crippen LogP) is 1.60. The van der Waals surface area contributed by atoms with Crippen LogP contribution in [0.2, 0.25) is 0 Å². The Morgan fingerprint density at radius 3 is 2.81 bits per heavy atom. The maximum absolute atomic E-state index is 12.4. The maximum atomic E-state index is 12.4. The van der Waals surface area contributed by atoms with Crippen molar-refractivity contribution in [3.8, 4) is 0 Å². The van der Waals surface area contributed by atoms with Gasteiger partial charge in [0.25, 0.3) is 5.91 Å². The van der Waals surface area contributed by atoms with Crippen molar-refractivity contribution in [2.24, 2.45) is 0 Å². The highest BCUT2D eigenvalue weighted by Crippen LogP contribution is 2.25. The van der Waals surface area contributed by atoms with E-state index in [2.05, 4.69) is 0 Å². The lowest BCUT2D eigenvalue weighted by atomic mass is 10.0. The fourth-order valence-electron chi connectivity index (χ4n) is 3.23. The van der Waals surface area contributed by atoms with Crippen LogP contribution in [0.15, 0.2) is 17.5 Å². The van der Waals surface area contributed by atoms with Gasteiger partial charge in [-0.1, -0.05) is 6.07 Å². The lowest BCUT2D eigenvalue weighted by Gasteiger charge is -2.39. The van der Waals surface area contributed by atoms with E-state index >= 15 is 0 Å². The number of morpholine rings is 1. The largest absolute Gasteiger partial charge is 0.374 e. The molecule has 2 aliphatic heterocycles. The minimum atomic E-state index is 0.0591. The average Bonchev–Trinajstić information content (AvgIpc) is 2.92. The zero-order valence-electron chi connectivity index (χ0n) is 12.2. The molecule has 3 heterocycles. The Balaban J connectivity index is 1.71. The van der Waals surface area contributed by atoms with Gasteiger partial charge < -0.3 is 14.5 Å². The van der Waals surface area contributed by atoms with Crippen molar-refractivity contribution in [1.82, 2.24) is 9.80 Å². The molecule has 0 radical (unpaired) electrons. The Hall–Kier alpha value is -1.40. The molecule has 1 aromatic heterocycles. The fraction of sp³-hybridized carbons (Fsp3) is 0.600. The van der Waals surface area contributed by atoms with Crippen molar-refractivity contribution < 1.29 is 14.3 Å². The van der Waals surface area contributed by atoms with Crippen LogP contribution in [-0.2, 0) is 9.53 Å². The summed E-state index contributed by atoms with van der Waals surface area (Å²) in [7, 11) is 0. The second-order valence-electron chi connectivity index (χ2n) is 5.54. The molecule has 2 fully saturated rings. The molecule has 0 N–H and O–H groups in total. The minimum Gasteiger partial charge on any atom is -0.374 e. The first-order valence-electron chi connectivity index (χ1n) is 7.38. The predicted molar refractivity (Wildman–Crippen MR) is 80.4 cm³/mol. The molecule has 0 unspecified atom stereocenters. The molecule has 0 bridgehead atoms. The van der Waals surface area contributed by atoms with Crippen molar-refractivity contribution in [1.29, 1.82) is 0 Å². The van der Waals surface area contributed by atoms with Crippen LogP contribution >= 0.6 is 11.3 Å². The molecule has 1 aromatic rings. The summed E-state index contributed by atoms with van der Waals surface area (Å²) in [5.41, 5.74) is 0. The number of hydrogen-bond donors (Lipinski definition) is 0. The zero-order valence-corrected chi connectivity index (χ0v) is 13.0. The lowest BCUT2D eigenvalue weighted by Crippen LogP contribution is -2.52. The van der Waals surface area contributed by atoms with Crippen LogP contribution < -0.4 is 0 Å². The Morgan fingerprint density at radius 2 is 2.10 bits per heavy atom. The van der Waals surface area contributed by atoms with Crippen LogP contribution in [0.4, 0.5) is 0 Å². The second-order valence-corrected chi connectivity index (χ2v) is 6.48. The molecule has 2 aliphatic rings. The van der Waals surface area contributed by atoms with E-state index < -0.39 is 0 Å². The Labute approximate surface area is 128 Å². The smallest absolute Gasteiger partial charge is 0.263 e. The third-order valence-electron chi connectivity index (χ3n) is 4.30. The topological polar surface area (TPSA) is 49.9 Å². The summed E-state index contributed by atoms with van der Waals surface area (Å²) in [6.07, 6.45) is 1.65. The van der Waals surface area contributed by atoms with Gasteiger partial charge in [-0.25, -0.2) is 0 Å². The third-order valence-corrected chi connectivity index (χ3v) is 5.15. The number of likely N-dealkylation sites (tertiary alicyclic amines) is 1. The number of ether oxygens (including phenoxy) is 1. The van der Waals surface area contributed by atoms with E-state index in [1.54, 1.807) is 6.92 Å². The van der Waals surface area contributed by atoms with Gasteiger partial charge in [-0.2, -0.15) is 0 Å². The first kappa shape index (κ1) is 14.5. The van der Waals surface area contributed by atoms with Gasteiger partial charge in [0.1, 0.15) is 0 Å². The van der Waals surface area contributed by atoms with Crippen molar-refractivity contribution in [3.63, 3.8) is 0 Å². The molecular formula is C15H20N2O3S. The molecule has 6 heteroatoms. The number of thiophene rings is 1. The maximum Gasteiger partial charge on any atom is 0.263 e. The monoisotopic (exact) mass is 308 g/mol. The number of amides is 2. The number of rotatable bonds is 1. The lowest BCUT2D eigenvalue weighted by molar-refractivity contribution is -0.144. The Bertz CT molecular complexity index is 517. The summed E-state index contributed by atoms with van der Waals surface area (Å²) in [5.74, 6) is 0.198. The number of nitrogens with zero attached hydrogens (tertiary/aromatic N) is 2. The quantitative estimate of drug-likeness (QED) is 0.792. The van der Waals surface area contributed by atoms with Crippen molar-refractivity contribution in [3.05, 3.63) is 22.4 Å². The first-order chi connectivity index (χ1) is 10.2. The minimum absolute atomic E-state index is 0.0591. The highest BCUT2D eigenvalue weighted by Gasteiger charge is 2.36. The van der Waals surface area contributed by atoms with Crippen LogP contribution in [0.1, 0.15) is 29.4 Å². The third kappa shape index (κ3) is 2.96. The fourth-order valence-corrected chi connectivity index (χ4v) is 3.92. The van der Waals surface area contributed by atoms with E-state index in [0.717, 1.165) is 17.7 Å². The molecule has 0 spiro atoms. The van der Waals surface area contributed by atoms with Gasteiger partial charge in [-0.15, -0.1) is 11.3 Å². The van der Waals surface area contributed by atoms with Crippen molar-refractivity contribution in [2.75, 3.05) is 26.2 Å². The molecule has 2 atom stereocenters. The summed E-state index contributed by atoms with van der Waals surface area (Å²) >= 11 is 1.48. The molecule has 0 aromatic carbocycles. The van der Waals surface area contributed by atoms with Crippen molar-refractivity contribution >= 4 is 23.2 Å². The molecule has 114 valence electrons. The number of fused-ring (bicyclic) bond motifs is 1. The SMILES string of the molecule is CC(=O)N1CCO[C@@H]2CCN(C(=O)c3cccs3)CC[C@H]21. The highest BCUT2D eigenvalue weighted by molar-refractivity contribution is 7.12. The van der Waals surface area contributed by atoms with E-state index in [1.165, 1.54) is 11.3 Å². The van der Waals surface area contributed by atoms with Gasteiger partial charge in [-0.05, 0) is 24.3 Å². The van der Waals surface area contributed by atoms with Crippen LogP contribution in [-0.4, -0.2) is 60.0 Å². The van der Waals surface area contributed by atoms with Crippen LogP contribution in [0.5, 0.6) is 0 Å². The van der Waals surface area contributed by atoms with E-state index in [-0.39, 0.29) is 24.0 Å². The molecule has 3 rings (SSSR count). The summed E-state index contributed by atoms with van der Waals surface area (Å²) in [5, 5.41) is 1.92. The molecule has 2 saturated heterocycles. The summed E-state index contributed by atoms with van der Waals surface area (Å²) in [6, 6.07) is 3.87. The van der Waals surface area contributed by atoms with Gasteiger partial charge in [0.2, 0.25) is 5.91 Å². The number of carbonyl (C=O) groups excluding carboxylic acids is 2. The van der Waals surface area contributed by atoms with Gasteiger partial charge in [0, 0.05) is 26.6 Å². The highest BCUT2D eigenvalue weighted by atomic mass is 32.1. The molecule has 0 saturated carbocycles. The van der Waals surface area contributed by atoms with E-state index in [1.807, 2.05) is 27.3 Å². The molecule has 21 heavy (non-hydrogen) atoms. The van der Waals surface area contributed by atoms with Gasteiger partial charge in [0.15, 0.2) is 0 Å². The van der Waals surface area contributed by atoms with Gasteiger partial charge in [-0.3, -0.25) is 9.59 Å². The molecular weight excluding hydrogens is 288 g/mol.